The quantitative estimate of drug-likeness (QED) is 0.154. The van der Waals surface area contributed by atoms with Crippen LogP contribution in [0.15, 0.2) is 123 Å². The summed E-state index contributed by atoms with van der Waals surface area (Å²) in [4.78, 5) is 40.0. The Labute approximate surface area is 322 Å². The number of rotatable bonds is 9. The highest BCUT2D eigenvalue weighted by Gasteiger charge is 2.44. The fourth-order valence-corrected chi connectivity index (χ4v) is 8.25. The van der Waals surface area contributed by atoms with E-state index < -0.39 is 40.1 Å². The number of hydrogen-bond donors (Lipinski definition) is 1. The molecule has 276 valence electrons. The Balaban J connectivity index is 1.07. The summed E-state index contributed by atoms with van der Waals surface area (Å²) < 4.78 is 37.5. The van der Waals surface area contributed by atoms with Crippen molar-refractivity contribution >= 4 is 62.6 Å². The Hall–Kier alpha value is -5.43. The van der Waals surface area contributed by atoms with Gasteiger partial charge < -0.3 is 4.74 Å². The van der Waals surface area contributed by atoms with Crippen LogP contribution < -0.4 is 10.3 Å². The minimum Gasteiger partial charge on any atom is -0.452 e. The molecule has 1 amide bonds. The fourth-order valence-electron chi connectivity index (χ4n) is 6.89. The first kappa shape index (κ1) is 36.9. The van der Waals surface area contributed by atoms with Gasteiger partial charge in [-0.3, -0.25) is 19.0 Å². The second kappa shape index (κ2) is 15.1. The van der Waals surface area contributed by atoms with Crippen molar-refractivity contribution in [3.8, 4) is 5.69 Å². The van der Waals surface area contributed by atoms with E-state index in [9.17, 15) is 22.8 Å². The van der Waals surface area contributed by atoms with E-state index in [0.717, 1.165) is 41.7 Å². The number of carbonyl (C=O) groups excluding carboxylic acids is 2. The number of ether oxygens (including phenoxy) is 1. The van der Waals surface area contributed by atoms with Gasteiger partial charge in [0.25, 0.3) is 21.5 Å². The number of carbonyl (C=O) groups is 2. The molecule has 2 unspecified atom stereocenters. The van der Waals surface area contributed by atoms with E-state index in [1.54, 1.807) is 55.1 Å². The molecule has 4 aromatic carbocycles. The van der Waals surface area contributed by atoms with Crippen LogP contribution >= 0.6 is 23.2 Å². The average molecular weight is 785 g/mol. The zero-order valence-corrected chi connectivity index (χ0v) is 31.6. The van der Waals surface area contributed by atoms with Gasteiger partial charge >= 0.3 is 5.97 Å². The average Bonchev–Trinajstić information content (AvgIpc) is 3.66. The summed E-state index contributed by atoms with van der Waals surface area (Å²) in [6.45, 7) is 1.04. The monoisotopic (exact) mass is 783 g/mol. The van der Waals surface area contributed by atoms with Crippen molar-refractivity contribution in [2.24, 2.45) is 18.1 Å². The number of nitrogens with one attached hydrogen (secondary N) is 1. The van der Waals surface area contributed by atoms with Crippen LogP contribution in [-0.2, 0) is 26.6 Å². The summed E-state index contributed by atoms with van der Waals surface area (Å²) in [5.41, 5.74) is 4.04. The predicted octanol–water partition coefficient (Wildman–Crippen LogP) is 7.57. The molecule has 0 radical (unpaired) electrons. The number of esters is 1. The lowest BCUT2D eigenvalue weighted by Gasteiger charge is -2.29. The molecule has 0 spiro atoms. The highest BCUT2D eigenvalue weighted by Crippen LogP contribution is 2.44. The van der Waals surface area contributed by atoms with Gasteiger partial charge in [-0.1, -0.05) is 65.7 Å². The third-order valence-corrected chi connectivity index (χ3v) is 11.6. The Bertz CT molecular complexity index is 2460. The number of fused-ring (bicyclic) bond motifs is 1. The Morgan fingerprint density at radius 3 is 2.24 bits per heavy atom. The largest absolute Gasteiger partial charge is 0.452 e. The molecule has 1 fully saturated rings. The van der Waals surface area contributed by atoms with Crippen molar-refractivity contribution < 1.29 is 22.7 Å². The molecule has 5 aromatic rings. The first-order chi connectivity index (χ1) is 25.9. The number of halogens is 2. The van der Waals surface area contributed by atoms with Gasteiger partial charge in [-0.05, 0) is 110 Å². The molecule has 1 aliphatic heterocycles. The molecule has 1 aromatic heterocycles. The second-order valence-electron chi connectivity index (χ2n) is 13.1. The van der Waals surface area contributed by atoms with E-state index in [1.807, 2.05) is 42.5 Å². The zero-order valence-electron chi connectivity index (χ0n) is 29.3. The number of anilines is 1. The van der Waals surface area contributed by atoms with Crippen molar-refractivity contribution in [2.75, 3.05) is 11.3 Å². The van der Waals surface area contributed by atoms with E-state index in [2.05, 4.69) is 10.8 Å². The standard InChI is InChI=1S/C40H35Cl2N5O6S/c1-25-36(39(49)47(45(25)2)32-8-4-3-5-9-32)44-54(51,52)33-21-15-28(16-22-33)40(50)53-24-35(48)46-38(27-13-19-31(42)20-14-27)34-10-6-7-29(37(34)43-46)23-26-11-17-30(41)18-12-26/h3-5,8-9,11-23,34,38,44H,6-7,10,24H2,1-2H3/b29-23-. The topological polar surface area (TPSA) is 132 Å². The van der Waals surface area contributed by atoms with E-state index in [-0.39, 0.29) is 22.1 Å². The van der Waals surface area contributed by atoms with Crippen molar-refractivity contribution in [1.29, 1.82) is 0 Å². The van der Waals surface area contributed by atoms with Crippen LogP contribution in [0.2, 0.25) is 10.0 Å². The first-order valence-electron chi connectivity index (χ1n) is 17.2. The summed E-state index contributed by atoms with van der Waals surface area (Å²) in [5.74, 6) is -1.42. The second-order valence-corrected chi connectivity index (χ2v) is 15.6. The molecule has 11 nitrogen and oxygen atoms in total. The van der Waals surface area contributed by atoms with Crippen LogP contribution in [0.5, 0.6) is 0 Å². The van der Waals surface area contributed by atoms with Crippen LogP contribution in [0, 0.1) is 12.8 Å². The number of nitrogens with zero attached hydrogens (tertiary/aromatic N) is 4. The lowest BCUT2D eigenvalue weighted by molar-refractivity contribution is -0.137. The normalized spacial score (nSPS) is 17.6. The minimum absolute atomic E-state index is 0.0351. The highest BCUT2D eigenvalue weighted by molar-refractivity contribution is 7.92. The number of para-hydroxylation sites is 1. The molecule has 1 N–H and O–H groups in total. The number of benzene rings is 4. The molecular formula is C40H35Cl2N5O6S. The summed E-state index contributed by atoms with van der Waals surface area (Å²) in [7, 11) is -2.56. The number of aromatic nitrogens is 2. The van der Waals surface area contributed by atoms with Gasteiger partial charge in [0, 0.05) is 23.0 Å². The Morgan fingerprint density at radius 1 is 0.926 bits per heavy atom. The van der Waals surface area contributed by atoms with Gasteiger partial charge in [0.05, 0.1) is 33.6 Å². The molecule has 1 aliphatic carbocycles. The molecule has 1 saturated carbocycles. The molecule has 2 heterocycles. The molecule has 7 rings (SSSR count). The summed E-state index contributed by atoms with van der Waals surface area (Å²) >= 11 is 12.3. The summed E-state index contributed by atoms with van der Waals surface area (Å²) in [6, 6.07) is 28.3. The third kappa shape index (κ3) is 7.37. The summed E-state index contributed by atoms with van der Waals surface area (Å²) in [5, 5.41) is 7.43. The molecule has 2 atom stereocenters. The number of hydrogen-bond acceptors (Lipinski definition) is 7. The number of allylic oxidation sites excluding steroid dienone is 1. The highest BCUT2D eigenvalue weighted by atomic mass is 35.5. The maximum Gasteiger partial charge on any atom is 0.338 e. The molecule has 2 aliphatic rings. The Kier molecular flexibility index (Phi) is 10.3. The lowest BCUT2D eigenvalue weighted by Crippen LogP contribution is -2.34. The van der Waals surface area contributed by atoms with Crippen LogP contribution in [0.4, 0.5) is 5.69 Å². The van der Waals surface area contributed by atoms with Crippen LogP contribution in [0.25, 0.3) is 11.8 Å². The predicted molar refractivity (Wildman–Crippen MR) is 209 cm³/mol. The van der Waals surface area contributed by atoms with Gasteiger partial charge in [0.1, 0.15) is 5.69 Å². The van der Waals surface area contributed by atoms with Crippen LogP contribution in [0.1, 0.15) is 52.5 Å². The maximum atomic E-state index is 13.8. The maximum absolute atomic E-state index is 13.8. The van der Waals surface area contributed by atoms with Gasteiger partial charge in [0.15, 0.2) is 6.61 Å². The van der Waals surface area contributed by atoms with Gasteiger partial charge in [0.2, 0.25) is 0 Å². The minimum atomic E-state index is -4.22. The molecular weight excluding hydrogens is 749 g/mol. The molecule has 14 heteroatoms. The number of sulfonamides is 1. The third-order valence-electron chi connectivity index (χ3n) is 9.70. The van der Waals surface area contributed by atoms with Gasteiger partial charge in [-0.25, -0.2) is 22.9 Å². The van der Waals surface area contributed by atoms with Gasteiger partial charge in [-0.15, -0.1) is 0 Å². The van der Waals surface area contributed by atoms with E-state index in [4.69, 9.17) is 33.0 Å². The SMILES string of the molecule is Cc1c(NS(=O)(=O)c2ccc(C(=O)OCC(=O)N3N=C4/C(=C\c5ccc(Cl)cc5)CCCC4C3c3ccc(Cl)cc3)cc2)c(=O)n(-c2ccccc2)n1C. The zero-order chi connectivity index (χ0) is 38.1. The molecule has 54 heavy (non-hydrogen) atoms. The van der Waals surface area contributed by atoms with Crippen molar-refractivity contribution in [3.05, 3.63) is 151 Å². The van der Waals surface area contributed by atoms with Crippen LogP contribution in [-0.4, -0.2) is 47.0 Å². The van der Waals surface area contributed by atoms with Crippen molar-refractivity contribution in [1.82, 2.24) is 14.4 Å². The fraction of sp³-hybridized carbons (Fsp3) is 0.200. The number of amides is 1. The Morgan fingerprint density at radius 2 is 1.57 bits per heavy atom. The van der Waals surface area contributed by atoms with Crippen molar-refractivity contribution in [3.63, 3.8) is 0 Å². The van der Waals surface area contributed by atoms with E-state index in [1.165, 1.54) is 34.0 Å². The smallest absolute Gasteiger partial charge is 0.338 e. The number of hydrazone groups is 1. The first-order valence-corrected chi connectivity index (χ1v) is 19.4. The van der Waals surface area contributed by atoms with Crippen molar-refractivity contribution in [2.45, 2.75) is 37.1 Å². The lowest BCUT2D eigenvalue weighted by atomic mass is 9.77. The summed E-state index contributed by atoms with van der Waals surface area (Å²) in [6.07, 6.45) is 4.57. The van der Waals surface area contributed by atoms with Gasteiger partial charge in [-0.2, -0.15) is 5.10 Å². The van der Waals surface area contributed by atoms with E-state index in [0.29, 0.717) is 21.4 Å². The van der Waals surface area contributed by atoms with E-state index >= 15 is 0 Å². The molecule has 0 saturated heterocycles. The van der Waals surface area contributed by atoms with Crippen LogP contribution in [0.3, 0.4) is 0 Å². The molecule has 0 bridgehead atoms.